The summed E-state index contributed by atoms with van der Waals surface area (Å²) >= 11 is 0. The van der Waals surface area contributed by atoms with Crippen LogP contribution in [0.15, 0.2) is 36.0 Å². The number of nitrogens with zero attached hydrogens (tertiary/aromatic N) is 1. The Morgan fingerprint density at radius 1 is 0.831 bits per heavy atom. The summed E-state index contributed by atoms with van der Waals surface area (Å²) in [4.78, 5) is 30.0. The van der Waals surface area contributed by atoms with Crippen molar-refractivity contribution >= 4 is 20.1 Å². The van der Waals surface area contributed by atoms with Gasteiger partial charge in [0.25, 0.3) is 0 Å². The van der Waals surface area contributed by atoms with E-state index in [1.54, 1.807) is 52.3 Å². The molecule has 4 heterocycles. The van der Waals surface area contributed by atoms with Crippen LogP contribution in [-0.4, -0.2) is 170 Å². The topological polar surface area (TPSA) is 170 Å². The molecule has 2 bridgehead atoms. The van der Waals surface area contributed by atoms with Crippen LogP contribution in [0, 0.1) is 23.7 Å². The van der Waals surface area contributed by atoms with Crippen LogP contribution in [0.4, 0.5) is 0 Å². The number of esters is 1. The Morgan fingerprint density at radius 3 is 2.12 bits per heavy atom. The van der Waals surface area contributed by atoms with Gasteiger partial charge in [-0.15, -0.1) is 0 Å². The van der Waals surface area contributed by atoms with Crippen molar-refractivity contribution in [3.05, 3.63) is 36.0 Å². The molecule has 2 saturated heterocycles. The number of rotatable bonds is 14. The van der Waals surface area contributed by atoms with Crippen molar-refractivity contribution in [3.8, 4) is 0 Å². The molecule has 0 amide bonds. The summed E-state index contributed by atoms with van der Waals surface area (Å²) < 4.78 is 64.1. The molecule has 4 aliphatic rings. The number of aliphatic hydroxyl groups is 2. The van der Waals surface area contributed by atoms with Gasteiger partial charge in [0.15, 0.2) is 26.7 Å². The van der Waals surface area contributed by atoms with Crippen LogP contribution >= 0.6 is 0 Å². The monoisotopic (exact) mass is 940 g/mol. The van der Waals surface area contributed by atoms with Gasteiger partial charge in [0.1, 0.15) is 24.4 Å². The van der Waals surface area contributed by atoms with Crippen LogP contribution in [-0.2, 0) is 56.6 Å². The second kappa shape index (κ2) is 26.7. The van der Waals surface area contributed by atoms with Gasteiger partial charge in [-0.25, -0.2) is 0 Å². The molecule has 0 radical (unpaired) electrons. The summed E-state index contributed by atoms with van der Waals surface area (Å²) in [6, 6.07) is 2.28. The molecule has 2 fully saturated rings. The van der Waals surface area contributed by atoms with E-state index in [9.17, 15) is 19.8 Å². The minimum atomic E-state index is -2.04. The molecule has 0 saturated carbocycles. The summed E-state index contributed by atoms with van der Waals surface area (Å²) in [5.41, 5.74) is 0.801. The molecule has 15 nitrogen and oxygen atoms in total. The Bertz CT molecular complexity index is 1530. The number of ketones is 1. The van der Waals surface area contributed by atoms with Gasteiger partial charge in [-0.2, -0.15) is 0 Å². The van der Waals surface area contributed by atoms with E-state index in [0.717, 1.165) is 23.7 Å². The minimum Gasteiger partial charge on any atom is -0.462 e. The number of carbonyl (C=O) groups excluding carboxylic acids is 2. The molecule has 65 heavy (non-hydrogen) atoms. The van der Waals surface area contributed by atoms with Crippen LogP contribution in [0.5, 0.6) is 0 Å². The number of fused-ring (bicyclic) bond motifs is 3. The van der Waals surface area contributed by atoms with Crippen molar-refractivity contribution < 1.29 is 66.9 Å². The van der Waals surface area contributed by atoms with Crippen LogP contribution in [0.25, 0.3) is 0 Å². The van der Waals surface area contributed by atoms with E-state index in [1.807, 2.05) is 52.8 Å². The summed E-state index contributed by atoms with van der Waals surface area (Å²) in [6.45, 7) is 19.2. The average molecular weight is 940 g/mol. The Morgan fingerprint density at radius 2 is 1.49 bits per heavy atom. The highest BCUT2D eigenvalue weighted by atomic mass is 28.4. The first-order valence-corrected chi connectivity index (χ1v) is 26.8. The number of hydrogen-bond donors (Lipinski definition) is 2. The highest BCUT2D eigenvalue weighted by molar-refractivity contribution is 6.73. The van der Waals surface area contributed by atoms with Gasteiger partial charge in [0.2, 0.25) is 0 Å². The van der Waals surface area contributed by atoms with E-state index in [1.165, 1.54) is 0 Å². The normalized spacial score (nSPS) is 40.6. The van der Waals surface area contributed by atoms with E-state index in [0.29, 0.717) is 32.5 Å². The Labute approximate surface area is 390 Å². The molecular weight excluding hydrogens is 855 g/mol. The van der Waals surface area contributed by atoms with Crippen LogP contribution in [0.2, 0.25) is 18.1 Å². The molecule has 0 aromatic carbocycles. The van der Waals surface area contributed by atoms with Crippen LogP contribution in [0.3, 0.4) is 0 Å². The summed E-state index contributed by atoms with van der Waals surface area (Å²) in [6.07, 6.45) is 2.07. The van der Waals surface area contributed by atoms with Crippen molar-refractivity contribution in [2.45, 2.75) is 186 Å². The standard InChI is InChI=1S/C49H85NO14Si/c1-14-38-36(29-59-49-47(56-13)46(55-12)45(34(9)61-49)64-65(15-2,16-3)17-4)26-30(5)20-21-37(51)31(6)27-35-22-25-57-23-18-19-24-58-39(28-40(52)62-38)32(7)44(35)63-48-43(54)41(50(10)11)42(53)33(8)60-48/h18-21,26,31-36,38-39,41-49,53-54H,14-17,22-25,27-29H2,1-13H3/b19-18+,21-20+,30-26+/t31-,32+,33?,34?,35+,36-,38-,39-,41?,42-,43?,44-,45-,46+,47?,48+,49-/m1/s1. The van der Waals surface area contributed by atoms with Crippen molar-refractivity contribution in [2.24, 2.45) is 23.7 Å². The van der Waals surface area contributed by atoms with Gasteiger partial charge in [-0.05, 0) is 84.3 Å². The highest BCUT2D eigenvalue weighted by Gasteiger charge is 2.50. The van der Waals surface area contributed by atoms with Crippen molar-refractivity contribution in [1.82, 2.24) is 4.90 Å². The largest absolute Gasteiger partial charge is 0.462 e. The number of ether oxygens (including phenoxy) is 9. The Hall–Kier alpha value is -1.90. The summed E-state index contributed by atoms with van der Waals surface area (Å²) in [5.74, 6) is -2.09. The van der Waals surface area contributed by atoms with E-state index < -0.39 is 99.5 Å². The third-order valence-corrected chi connectivity index (χ3v) is 19.0. The predicted molar refractivity (Wildman–Crippen MR) is 250 cm³/mol. The third kappa shape index (κ3) is 14.8. The third-order valence-electron chi connectivity index (χ3n) is 14.4. The molecule has 4 rings (SSSR count). The molecule has 5 unspecified atom stereocenters. The van der Waals surface area contributed by atoms with Crippen LogP contribution < -0.4 is 0 Å². The molecule has 0 aromatic heterocycles. The van der Waals surface area contributed by atoms with Crippen molar-refractivity contribution in [2.75, 3.05) is 54.7 Å². The van der Waals surface area contributed by atoms with E-state index in [-0.39, 0.29) is 43.5 Å². The highest BCUT2D eigenvalue weighted by Crippen LogP contribution is 2.37. The molecule has 2 N–H and O–H groups in total. The zero-order valence-electron chi connectivity index (χ0n) is 41.7. The average Bonchev–Trinajstić information content (AvgIpc) is 3.28. The Kier molecular flexibility index (Phi) is 22.9. The van der Waals surface area contributed by atoms with Crippen molar-refractivity contribution in [3.63, 3.8) is 0 Å². The number of hydrogen-bond acceptors (Lipinski definition) is 15. The SMILES string of the molecule is CC[C@H]1OC(=O)C[C@H]2OC/C=C/COCC[C@@H](C[C@@H](C)C(=O)/C=C/C(C)=C/[C@@H]1CO[C@@H]1OC(C)[C@@H](O[Si](CC)(CC)CC)[C@H](OC)C1OC)[C@H](O[C@@H]1OC(C)[C@@H](O)C(N(C)C)C1O)[C@H]2C. The number of carbonyl (C=O) groups is 2. The van der Waals surface area contributed by atoms with E-state index in [4.69, 9.17) is 47.1 Å². The maximum absolute atomic E-state index is 14.3. The van der Waals surface area contributed by atoms with Gasteiger partial charge in [0.05, 0.1) is 68.9 Å². The van der Waals surface area contributed by atoms with Gasteiger partial charge >= 0.3 is 5.97 Å². The van der Waals surface area contributed by atoms with Gasteiger partial charge in [-0.3, -0.25) is 9.59 Å². The molecule has 374 valence electrons. The molecule has 0 spiro atoms. The van der Waals surface area contributed by atoms with Crippen molar-refractivity contribution in [1.29, 1.82) is 0 Å². The van der Waals surface area contributed by atoms with Crippen LogP contribution in [0.1, 0.15) is 88.0 Å². The predicted octanol–water partition coefficient (Wildman–Crippen LogP) is 6.00. The molecular formula is C49H85NO14Si. The molecule has 16 heteroatoms. The lowest BCUT2D eigenvalue weighted by atomic mass is 9.79. The smallest absolute Gasteiger partial charge is 0.308 e. The second-order valence-electron chi connectivity index (χ2n) is 18.9. The summed E-state index contributed by atoms with van der Waals surface area (Å²) in [7, 11) is 4.83. The van der Waals surface area contributed by atoms with E-state index >= 15 is 0 Å². The number of allylic oxidation sites excluding steroid dienone is 3. The molecule has 0 aromatic rings. The second-order valence-corrected chi connectivity index (χ2v) is 23.7. The lowest BCUT2D eigenvalue weighted by molar-refractivity contribution is -0.305. The fraction of sp³-hybridized carbons (Fsp3) is 0.837. The first-order valence-electron chi connectivity index (χ1n) is 24.3. The van der Waals surface area contributed by atoms with Gasteiger partial charge < -0.3 is 62.2 Å². The first-order chi connectivity index (χ1) is 31.0. The number of aliphatic hydroxyl groups excluding tert-OH is 2. The van der Waals surface area contributed by atoms with E-state index in [2.05, 4.69) is 20.8 Å². The number of cyclic esters (lactones) is 1. The molecule has 4 aliphatic heterocycles. The van der Waals surface area contributed by atoms with Gasteiger partial charge in [0, 0.05) is 38.6 Å². The Balaban J connectivity index is 1.69. The quantitative estimate of drug-likeness (QED) is 0.118. The maximum Gasteiger partial charge on any atom is 0.308 e. The zero-order valence-corrected chi connectivity index (χ0v) is 42.7. The summed E-state index contributed by atoms with van der Waals surface area (Å²) in [5, 5.41) is 22.6. The first kappa shape index (κ1) is 55.7. The minimum absolute atomic E-state index is 0.0557. The maximum atomic E-state index is 14.3. The molecule has 17 atom stereocenters. The van der Waals surface area contributed by atoms with Gasteiger partial charge in [-0.1, -0.05) is 71.4 Å². The lowest BCUT2D eigenvalue weighted by Crippen LogP contribution is -2.63. The zero-order chi connectivity index (χ0) is 48.0. The fourth-order valence-electron chi connectivity index (χ4n) is 10.0. The number of methoxy groups -OCH3 is 2. The molecule has 0 aliphatic carbocycles. The lowest BCUT2D eigenvalue weighted by Gasteiger charge is -2.47. The fourth-order valence-corrected chi connectivity index (χ4v) is 12.9. The number of likely N-dealkylation sites (N-methyl/N-ethyl adjacent to an activating group) is 1.